The molecule has 1 N–H and O–H groups in total. The minimum atomic E-state index is 0.635. The van der Waals surface area contributed by atoms with Crippen LogP contribution in [0, 0.1) is 0 Å². The van der Waals surface area contributed by atoms with Crippen LogP contribution in [0.1, 0.15) is 31.7 Å². The average Bonchev–Trinajstić information content (AvgIpc) is 2.56. The van der Waals surface area contributed by atoms with Crippen LogP contribution in [0.3, 0.4) is 0 Å². The van der Waals surface area contributed by atoms with E-state index in [2.05, 4.69) is 45.2 Å². The summed E-state index contributed by atoms with van der Waals surface area (Å²) < 4.78 is 12.5. The zero-order valence-corrected chi connectivity index (χ0v) is 14.8. The molecule has 1 fully saturated rings. The van der Waals surface area contributed by atoms with Gasteiger partial charge in [-0.05, 0) is 56.6 Å². The Balaban J connectivity index is 1.76. The van der Waals surface area contributed by atoms with E-state index in [9.17, 15) is 0 Å². The molecule has 0 spiro atoms. The van der Waals surface area contributed by atoms with Gasteiger partial charge in [-0.25, -0.2) is 0 Å². The maximum atomic E-state index is 5.73. The minimum absolute atomic E-state index is 0.635. The molecule has 22 heavy (non-hydrogen) atoms. The maximum absolute atomic E-state index is 5.73. The lowest BCUT2D eigenvalue weighted by molar-refractivity contribution is 0.152. The number of halogens is 1. The summed E-state index contributed by atoms with van der Waals surface area (Å²) in [6.07, 6.45) is 3.66. The van der Waals surface area contributed by atoms with E-state index in [0.29, 0.717) is 19.3 Å². The zero-order valence-electron chi connectivity index (χ0n) is 13.2. The van der Waals surface area contributed by atoms with E-state index in [1.807, 2.05) is 0 Å². The highest BCUT2D eigenvalue weighted by Gasteiger charge is 2.22. The highest BCUT2D eigenvalue weighted by molar-refractivity contribution is 9.10. The number of hydrogen-bond donors (Lipinski definition) is 1. The summed E-state index contributed by atoms with van der Waals surface area (Å²) in [7, 11) is 0. The number of nitrogens with one attached hydrogen (secondary N) is 1. The summed E-state index contributed by atoms with van der Waals surface area (Å²) in [6.45, 7) is 7.91. The Morgan fingerprint density at radius 1 is 1.18 bits per heavy atom. The summed E-state index contributed by atoms with van der Waals surface area (Å²) in [5.74, 6) is 1.73. The number of ether oxygens (including phenoxy) is 2. The topological polar surface area (TPSA) is 33.7 Å². The summed E-state index contributed by atoms with van der Waals surface area (Å²) in [4.78, 5) is 2.62. The van der Waals surface area contributed by atoms with Crippen molar-refractivity contribution < 1.29 is 9.47 Å². The summed E-state index contributed by atoms with van der Waals surface area (Å²) in [5.41, 5.74) is 1.29. The third kappa shape index (κ3) is 3.76. The molecule has 0 aliphatic carbocycles. The van der Waals surface area contributed by atoms with Crippen molar-refractivity contribution in [2.75, 3.05) is 32.8 Å². The molecule has 1 aromatic carbocycles. The first-order valence-corrected chi connectivity index (χ1v) is 9.10. The van der Waals surface area contributed by atoms with Crippen molar-refractivity contribution in [2.24, 2.45) is 0 Å². The molecular weight excluding hydrogens is 344 g/mol. The van der Waals surface area contributed by atoms with Crippen LogP contribution in [0.15, 0.2) is 16.6 Å². The molecule has 5 heteroatoms. The first-order chi connectivity index (χ1) is 10.8. The van der Waals surface area contributed by atoms with E-state index in [-0.39, 0.29) is 0 Å². The fourth-order valence-corrected chi connectivity index (χ4v) is 3.74. The van der Waals surface area contributed by atoms with Crippen LogP contribution in [0.2, 0.25) is 0 Å². The Morgan fingerprint density at radius 2 is 1.86 bits per heavy atom. The molecule has 0 amide bonds. The van der Waals surface area contributed by atoms with Crippen LogP contribution in [0.5, 0.6) is 11.5 Å². The summed E-state index contributed by atoms with van der Waals surface area (Å²) in [6, 6.07) is 4.87. The van der Waals surface area contributed by atoms with Crippen LogP contribution in [0.25, 0.3) is 0 Å². The van der Waals surface area contributed by atoms with E-state index in [1.165, 1.54) is 24.8 Å². The normalized spacial score (nSPS) is 18.7. The SMILES string of the molecule is CCCN(Cc1cc2c(cc1Br)OCCO2)C1CCNCC1. The van der Waals surface area contributed by atoms with Crippen LogP contribution in [-0.2, 0) is 6.54 Å². The lowest BCUT2D eigenvalue weighted by Gasteiger charge is -2.35. The van der Waals surface area contributed by atoms with Crippen molar-refractivity contribution in [1.82, 2.24) is 10.2 Å². The molecule has 122 valence electrons. The smallest absolute Gasteiger partial charge is 0.162 e. The molecule has 0 radical (unpaired) electrons. The standard InChI is InChI=1S/C17H25BrN2O2/c1-2-7-20(14-3-5-19-6-4-14)12-13-10-16-17(11-15(13)18)22-9-8-21-16/h10-11,14,19H,2-9,12H2,1H3. The van der Waals surface area contributed by atoms with Crippen LogP contribution >= 0.6 is 15.9 Å². The number of piperidine rings is 1. The molecular formula is C17H25BrN2O2. The van der Waals surface area contributed by atoms with Gasteiger partial charge in [-0.2, -0.15) is 0 Å². The van der Waals surface area contributed by atoms with Gasteiger partial charge < -0.3 is 14.8 Å². The predicted molar refractivity (Wildman–Crippen MR) is 91.7 cm³/mol. The Labute approximate surface area is 141 Å². The van der Waals surface area contributed by atoms with Gasteiger partial charge in [0.2, 0.25) is 0 Å². The van der Waals surface area contributed by atoms with Gasteiger partial charge in [-0.15, -0.1) is 0 Å². The zero-order chi connectivity index (χ0) is 15.4. The average molecular weight is 369 g/mol. The number of nitrogens with zero attached hydrogens (tertiary/aromatic N) is 1. The molecule has 0 aromatic heterocycles. The third-order valence-corrected chi connectivity index (χ3v) is 5.16. The van der Waals surface area contributed by atoms with Crippen LogP contribution in [0.4, 0.5) is 0 Å². The second kappa shape index (κ2) is 7.66. The van der Waals surface area contributed by atoms with E-state index in [1.54, 1.807) is 0 Å². The lowest BCUT2D eigenvalue weighted by atomic mass is 10.0. The van der Waals surface area contributed by atoms with Gasteiger partial charge >= 0.3 is 0 Å². The molecule has 3 rings (SSSR count). The van der Waals surface area contributed by atoms with Crippen LogP contribution in [-0.4, -0.2) is 43.8 Å². The van der Waals surface area contributed by atoms with Gasteiger partial charge in [-0.1, -0.05) is 22.9 Å². The van der Waals surface area contributed by atoms with E-state index < -0.39 is 0 Å². The largest absolute Gasteiger partial charge is 0.486 e. The van der Waals surface area contributed by atoms with Crippen LogP contribution < -0.4 is 14.8 Å². The lowest BCUT2D eigenvalue weighted by Crippen LogP contribution is -2.43. The molecule has 2 aliphatic rings. The Hall–Kier alpha value is -0.780. The predicted octanol–water partition coefficient (Wildman–Crippen LogP) is 3.18. The Kier molecular flexibility index (Phi) is 5.61. The Morgan fingerprint density at radius 3 is 2.55 bits per heavy atom. The quantitative estimate of drug-likeness (QED) is 0.865. The second-order valence-corrected chi connectivity index (χ2v) is 6.89. The van der Waals surface area contributed by atoms with Crippen molar-refractivity contribution in [3.63, 3.8) is 0 Å². The van der Waals surface area contributed by atoms with E-state index in [0.717, 1.165) is 42.2 Å². The van der Waals surface area contributed by atoms with Crippen molar-refractivity contribution in [3.05, 3.63) is 22.2 Å². The highest BCUT2D eigenvalue weighted by atomic mass is 79.9. The number of hydrogen-bond acceptors (Lipinski definition) is 4. The van der Waals surface area contributed by atoms with Gasteiger partial charge in [0.15, 0.2) is 11.5 Å². The first kappa shape index (κ1) is 16.1. The summed E-state index contributed by atoms with van der Waals surface area (Å²) in [5, 5.41) is 3.46. The molecule has 2 heterocycles. The molecule has 0 bridgehead atoms. The second-order valence-electron chi connectivity index (χ2n) is 6.04. The first-order valence-electron chi connectivity index (χ1n) is 8.30. The van der Waals surface area contributed by atoms with Crippen molar-refractivity contribution >= 4 is 15.9 Å². The monoisotopic (exact) mass is 368 g/mol. The highest BCUT2D eigenvalue weighted by Crippen LogP contribution is 2.36. The number of benzene rings is 1. The van der Waals surface area contributed by atoms with Gasteiger partial charge in [0, 0.05) is 17.1 Å². The third-order valence-electron chi connectivity index (χ3n) is 4.42. The molecule has 0 atom stereocenters. The Bertz CT molecular complexity index is 504. The van der Waals surface area contributed by atoms with Crippen molar-refractivity contribution in [3.8, 4) is 11.5 Å². The van der Waals surface area contributed by atoms with Gasteiger partial charge in [0.05, 0.1) is 0 Å². The fourth-order valence-electron chi connectivity index (χ4n) is 3.30. The molecule has 2 aliphatic heterocycles. The van der Waals surface area contributed by atoms with Gasteiger partial charge in [0.1, 0.15) is 13.2 Å². The fraction of sp³-hybridized carbons (Fsp3) is 0.647. The molecule has 0 unspecified atom stereocenters. The van der Waals surface area contributed by atoms with E-state index in [4.69, 9.17) is 9.47 Å². The van der Waals surface area contributed by atoms with Gasteiger partial charge in [0.25, 0.3) is 0 Å². The molecule has 1 saturated heterocycles. The van der Waals surface area contributed by atoms with Gasteiger partial charge in [-0.3, -0.25) is 4.90 Å². The number of fused-ring (bicyclic) bond motifs is 1. The van der Waals surface area contributed by atoms with E-state index >= 15 is 0 Å². The van der Waals surface area contributed by atoms with Crippen molar-refractivity contribution in [2.45, 2.75) is 38.8 Å². The minimum Gasteiger partial charge on any atom is -0.486 e. The van der Waals surface area contributed by atoms with Crippen molar-refractivity contribution in [1.29, 1.82) is 0 Å². The molecule has 4 nitrogen and oxygen atoms in total. The maximum Gasteiger partial charge on any atom is 0.162 e. The summed E-state index contributed by atoms with van der Waals surface area (Å²) >= 11 is 3.70. The molecule has 1 aromatic rings. The molecule has 0 saturated carbocycles. The number of rotatable bonds is 5.